The molecule has 1 aliphatic rings. The fraction of sp³-hybridized carbons (Fsp3) is 0.0625. The number of aromatic hydroxyl groups is 1. The van der Waals surface area contributed by atoms with Gasteiger partial charge in [-0.15, -0.1) is 11.3 Å². The molecule has 0 bridgehead atoms. The SMILES string of the molecule is O=C(CN1C(=O)/C(=C\c2cccs2)SC1=S)Nc1ccc([N+](=O)[O-])cc1O. The Morgan fingerprint density at radius 3 is 2.81 bits per heavy atom. The summed E-state index contributed by atoms with van der Waals surface area (Å²) in [5, 5.41) is 24.8. The average Bonchev–Trinajstić information content (AvgIpc) is 3.21. The average molecular weight is 421 g/mol. The lowest BCUT2D eigenvalue weighted by Crippen LogP contribution is -2.36. The van der Waals surface area contributed by atoms with Crippen LogP contribution in [0, 0.1) is 10.1 Å². The van der Waals surface area contributed by atoms with Crippen LogP contribution in [0.3, 0.4) is 0 Å². The van der Waals surface area contributed by atoms with Crippen LogP contribution in [0.4, 0.5) is 11.4 Å². The number of hydrogen-bond acceptors (Lipinski definition) is 8. The quantitative estimate of drug-likeness (QED) is 0.251. The summed E-state index contributed by atoms with van der Waals surface area (Å²) in [6.45, 7) is -0.330. The molecule has 1 aliphatic heterocycles. The van der Waals surface area contributed by atoms with Crippen molar-refractivity contribution in [2.45, 2.75) is 0 Å². The number of non-ortho nitro benzene ring substituents is 1. The molecule has 1 saturated heterocycles. The van der Waals surface area contributed by atoms with Crippen molar-refractivity contribution in [3.8, 4) is 5.75 Å². The molecule has 0 aliphatic carbocycles. The van der Waals surface area contributed by atoms with Crippen molar-refractivity contribution in [1.82, 2.24) is 4.90 Å². The Hall–Kier alpha value is -2.76. The molecule has 0 spiro atoms. The second-order valence-electron chi connectivity index (χ2n) is 5.29. The number of thioether (sulfide) groups is 1. The van der Waals surface area contributed by atoms with Crippen molar-refractivity contribution in [3.63, 3.8) is 0 Å². The van der Waals surface area contributed by atoms with E-state index in [-0.39, 0.29) is 28.1 Å². The minimum absolute atomic E-state index is 0.00479. The van der Waals surface area contributed by atoms with E-state index in [9.17, 15) is 24.8 Å². The van der Waals surface area contributed by atoms with Crippen LogP contribution >= 0.6 is 35.3 Å². The third kappa shape index (κ3) is 4.32. The number of thiocarbonyl (C=S) groups is 1. The van der Waals surface area contributed by atoms with Gasteiger partial charge in [0.2, 0.25) is 5.91 Å². The maximum atomic E-state index is 12.5. The molecular formula is C16H11N3O5S3. The van der Waals surface area contributed by atoms with Gasteiger partial charge in [0.25, 0.3) is 11.6 Å². The number of nitro groups is 1. The monoisotopic (exact) mass is 421 g/mol. The topological polar surface area (TPSA) is 113 Å². The molecule has 3 rings (SSSR count). The number of phenolic OH excluding ortho intramolecular Hbond substituents is 1. The number of nitrogens with one attached hydrogen (secondary N) is 1. The van der Waals surface area contributed by atoms with E-state index in [0.717, 1.165) is 33.7 Å². The number of benzene rings is 1. The highest BCUT2D eigenvalue weighted by molar-refractivity contribution is 8.26. The van der Waals surface area contributed by atoms with Gasteiger partial charge in [-0.05, 0) is 23.6 Å². The number of nitro benzene ring substituents is 1. The van der Waals surface area contributed by atoms with Crippen LogP contribution in [-0.4, -0.2) is 37.6 Å². The van der Waals surface area contributed by atoms with Gasteiger partial charge in [-0.1, -0.05) is 30.0 Å². The van der Waals surface area contributed by atoms with E-state index >= 15 is 0 Å². The van der Waals surface area contributed by atoms with Crippen LogP contribution in [0.15, 0.2) is 40.6 Å². The second-order valence-corrected chi connectivity index (χ2v) is 7.95. The Labute approximate surface area is 166 Å². The van der Waals surface area contributed by atoms with Crippen LogP contribution in [0.1, 0.15) is 4.88 Å². The molecule has 2 aromatic rings. The third-order valence-electron chi connectivity index (χ3n) is 3.46. The van der Waals surface area contributed by atoms with Crippen molar-refractivity contribution in [1.29, 1.82) is 0 Å². The van der Waals surface area contributed by atoms with E-state index in [1.165, 1.54) is 17.4 Å². The van der Waals surface area contributed by atoms with Gasteiger partial charge in [0.05, 0.1) is 21.6 Å². The van der Waals surface area contributed by atoms with Gasteiger partial charge >= 0.3 is 0 Å². The number of hydrogen-bond donors (Lipinski definition) is 2. The van der Waals surface area contributed by atoms with E-state index in [0.29, 0.717) is 4.91 Å². The van der Waals surface area contributed by atoms with Crippen molar-refractivity contribution in [2.24, 2.45) is 0 Å². The van der Waals surface area contributed by atoms with Crippen LogP contribution in [0.2, 0.25) is 0 Å². The predicted octanol–water partition coefficient (Wildman–Crippen LogP) is 3.20. The molecule has 0 atom stereocenters. The van der Waals surface area contributed by atoms with E-state index in [2.05, 4.69) is 5.32 Å². The minimum atomic E-state index is -0.661. The molecule has 0 unspecified atom stereocenters. The maximum Gasteiger partial charge on any atom is 0.273 e. The highest BCUT2D eigenvalue weighted by Gasteiger charge is 2.33. The minimum Gasteiger partial charge on any atom is -0.506 e. The smallest absolute Gasteiger partial charge is 0.273 e. The first-order valence-electron chi connectivity index (χ1n) is 7.41. The van der Waals surface area contributed by atoms with Crippen LogP contribution in [-0.2, 0) is 9.59 Å². The summed E-state index contributed by atoms with van der Waals surface area (Å²) in [4.78, 5) is 37.2. The number of anilines is 1. The summed E-state index contributed by atoms with van der Waals surface area (Å²) in [5.41, 5.74) is -0.300. The molecule has 1 fully saturated rings. The Morgan fingerprint density at radius 2 is 2.19 bits per heavy atom. The Bertz CT molecular complexity index is 972. The molecule has 8 nitrogen and oxygen atoms in total. The number of nitrogens with zero attached hydrogens (tertiary/aromatic N) is 2. The predicted molar refractivity (Wildman–Crippen MR) is 108 cm³/mol. The van der Waals surface area contributed by atoms with E-state index in [1.807, 2.05) is 17.5 Å². The van der Waals surface area contributed by atoms with E-state index in [1.54, 1.807) is 6.08 Å². The largest absolute Gasteiger partial charge is 0.506 e. The molecule has 2 N–H and O–H groups in total. The number of rotatable bonds is 5. The molecular weight excluding hydrogens is 410 g/mol. The Balaban J connectivity index is 1.68. The number of phenols is 1. The van der Waals surface area contributed by atoms with Gasteiger partial charge in [0.1, 0.15) is 16.6 Å². The second kappa shape index (κ2) is 7.86. The lowest BCUT2D eigenvalue weighted by molar-refractivity contribution is -0.384. The number of carbonyl (C=O) groups excluding carboxylic acids is 2. The number of amides is 2. The standard InChI is InChI=1S/C16H11N3O5S3/c20-12-6-9(19(23)24)3-4-11(12)17-14(21)8-18-15(22)13(27-16(18)25)7-10-2-1-5-26-10/h1-7,20H,8H2,(H,17,21)/b13-7+. The zero-order valence-electron chi connectivity index (χ0n) is 13.4. The van der Waals surface area contributed by atoms with Gasteiger partial charge in [-0.2, -0.15) is 0 Å². The first-order chi connectivity index (χ1) is 12.8. The molecule has 2 heterocycles. The van der Waals surface area contributed by atoms with Crippen molar-refractivity contribution >= 4 is 68.9 Å². The fourth-order valence-corrected chi connectivity index (χ4v) is 4.19. The van der Waals surface area contributed by atoms with Crippen molar-refractivity contribution in [2.75, 3.05) is 11.9 Å². The number of thiophene rings is 1. The lowest BCUT2D eigenvalue weighted by Gasteiger charge is -2.14. The fourth-order valence-electron chi connectivity index (χ4n) is 2.21. The summed E-state index contributed by atoms with van der Waals surface area (Å²) >= 11 is 7.75. The Morgan fingerprint density at radius 1 is 1.41 bits per heavy atom. The Kier molecular flexibility index (Phi) is 5.54. The van der Waals surface area contributed by atoms with Gasteiger partial charge in [0, 0.05) is 10.9 Å². The maximum absolute atomic E-state index is 12.5. The van der Waals surface area contributed by atoms with Gasteiger partial charge in [0.15, 0.2) is 0 Å². The van der Waals surface area contributed by atoms with Crippen LogP contribution in [0.25, 0.3) is 6.08 Å². The van der Waals surface area contributed by atoms with Gasteiger partial charge in [-0.25, -0.2) is 0 Å². The zero-order chi connectivity index (χ0) is 19.6. The van der Waals surface area contributed by atoms with Crippen molar-refractivity contribution in [3.05, 3.63) is 55.6 Å². The molecule has 138 valence electrons. The van der Waals surface area contributed by atoms with Crippen LogP contribution in [0.5, 0.6) is 5.75 Å². The molecule has 27 heavy (non-hydrogen) atoms. The van der Waals surface area contributed by atoms with Gasteiger partial charge in [-0.3, -0.25) is 24.6 Å². The van der Waals surface area contributed by atoms with Gasteiger partial charge < -0.3 is 10.4 Å². The third-order valence-corrected chi connectivity index (χ3v) is 5.66. The molecule has 0 radical (unpaired) electrons. The normalized spacial score (nSPS) is 15.4. The molecule has 0 saturated carbocycles. The highest BCUT2D eigenvalue weighted by Crippen LogP contribution is 2.33. The molecule has 11 heteroatoms. The zero-order valence-corrected chi connectivity index (χ0v) is 15.9. The van der Waals surface area contributed by atoms with E-state index < -0.39 is 16.6 Å². The summed E-state index contributed by atoms with van der Waals surface area (Å²) in [6, 6.07) is 7.02. The van der Waals surface area contributed by atoms with Crippen LogP contribution < -0.4 is 5.32 Å². The molecule has 1 aromatic carbocycles. The lowest BCUT2D eigenvalue weighted by atomic mass is 10.2. The summed E-state index contributed by atoms with van der Waals surface area (Å²) < 4.78 is 0.255. The number of carbonyl (C=O) groups is 2. The summed E-state index contributed by atoms with van der Waals surface area (Å²) in [6.07, 6.45) is 1.71. The molecule has 1 aromatic heterocycles. The summed E-state index contributed by atoms with van der Waals surface area (Å²) in [7, 11) is 0. The summed E-state index contributed by atoms with van der Waals surface area (Å²) in [5.74, 6) is -1.41. The van der Waals surface area contributed by atoms with Crippen molar-refractivity contribution < 1.29 is 19.6 Å². The van der Waals surface area contributed by atoms with E-state index in [4.69, 9.17) is 12.2 Å². The highest BCUT2D eigenvalue weighted by atomic mass is 32.2. The first-order valence-corrected chi connectivity index (χ1v) is 9.51. The molecule has 2 amide bonds. The first kappa shape index (κ1) is 19.0.